The third-order valence-electron chi connectivity index (χ3n) is 7.28. The van der Waals surface area contributed by atoms with Gasteiger partial charge in [-0.05, 0) is 56.0 Å². The maximum Gasteiger partial charge on any atom is 0.306 e. The lowest BCUT2D eigenvalue weighted by molar-refractivity contribution is -0.142. The molecule has 202 valence electrons. The molecule has 0 spiro atoms. The predicted molar refractivity (Wildman–Crippen MR) is 156 cm³/mol. The second kappa shape index (κ2) is 11.1. The molecule has 0 amide bonds. The summed E-state index contributed by atoms with van der Waals surface area (Å²) in [6.45, 7) is 7.48. The Labute approximate surface area is 232 Å². The lowest BCUT2D eigenvalue weighted by Crippen LogP contribution is -2.36. The van der Waals surface area contributed by atoms with E-state index in [4.69, 9.17) is 21.7 Å². The molecule has 0 bridgehead atoms. The molecule has 9 heteroatoms. The van der Waals surface area contributed by atoms with E-state index < -0.39 is 5.97 Å². The highest BCUT2D eigenvalue weighted by atomic mass is 35.5. The highest BCUT2D eigenvalue weighted by Crippen LogP contribution is 2.26. The molecule has 1 aliphatic heterocycles. The fourth-order valence-electron chi connectivity index (χ4n) is 5.32. The molecule has 4 heterocycles. The average Bonchev–Trinajstić information content (AvgIpc) is 3.48. The van der Waals surface area contributed by atoms with E-state index in [1.807, 2.05) is 79.1 Å². The van der Waals surface area contributed by atoms with Gasteiger partial charge in [0.15, 0.2) is 0 Å². The highest BCUT2D eigenvalue weighted by Gasteiger charge is 2.25. The van der Waals surface area contributed by atoms with E-state index in [-0.39, 0.29) is 5.92 Å². The van der Waals surface area contributed by atoms with Crippen molar-refractivity contribution in [3.05, 3.63) is 64.4 Å². The van der Waals surface area contributed by atoms with Gasteiger partial charge in [0.2, 0.25) is 0 Å². The standard InChI is InChI=1S/C28H27ClN6O2.C2H6/c1-17-6-7-19(29)14-22-26(21-4-3-5-24-23(21)16-33(2)31-24)32-35(27(17)22)20-8-9-25(30-15-20)34-12-10-18(11-13-34)28(36)37;1-2/h3-5,7-9,14-16,18H,6,10-13H2,1-2H3,(H,36,37);1-2H3. The fraction of sp³-hybridized carbons (Fsp3) is 0.333. The first kappa shape index (κ1) is 26.7. The van der Waals surface area contributed by atoms with Crippen LogP contribution < -0.4 is 15.5 Å². The van der Waals surface area contributed by atoms with Gasteiger partial charge >= 0.3 is 5.97 Å². The summed E-state index contributed by atoms with van der Waals surface area (Å²) in [5.41, 5.74) is 4.79. The number of benzene rings is 1. The Hall–Kier alpha value is -3.91. The van der Waals surface area contributed by atoms with Gasteiger partial charge in [0.1, 0.15) is 11.5 Å². The van der Waals surface area contributed by atoms with Gasteiger partial charge in [0.05, 0.1) is 28.7 Å². The van der Waals surface area contributed by atoms with Crippen molar-refractivity contribution >= 4 is 45.9 Å². The van der Waals surface area contributed by atoms with Crippen LogP contribution in [0.25, 0.3) is 39.5 Å². The number of pyridine rings is 1. The van der Waals surface area contributed by atoms with Crippen molar-refractivity contribution in [2.24, 2.45) is 13.0 Å². The van der Waals surface area contributed by atoms with E-state index in [2.05, 4.69) is 23.0 Å². The van der Waals surface area contributed by atoms with Gasteiger partial charge < -0.3 is 10.0 Å². The zero-order chi connectivity index (χ0) is 27.7. The number of anilines is 1. The van der Waals surface area contributed by atoms with Crippen LogP contribution in [0.15, 0.2) is 53.8 Å². The number of carboxylic acid groups (broad SMARTS) is 1. The first-order valence-corrected chi connectivity index (χ1v) is 13.8. The van der Waals surface area contributed by atoms with Gasteiger partial charge in [-0.2, -0.15) is 10.2 Å². The number of aryl methyl sites for hydroxylation is 1. The van der Waals surface area contributed by atoms with Crippen LogP contribution in [0.4, 0.5) is 5.82 Å². The minimum absolute atomic E-state index is 0.270. The first-order valence-electron chi connectivity index (χ1n) is 13.4. The highest BCUT2D eigenvalue weighted by molar-refractivity contribution is 6.34. The van der Waals surface area contributed by atoms with E-state index in [1.54, 1.807) is 0 Å². The molecule has 3 aromatic heterocycles. The number of hydrogen-bond acceptors (Lipinski definition) is 5. The summed E-state index contributed by atoms with van der Waals surface area (Å²) in [6.07, 6.45) is 9.87. The molecule has 6 rings (SSSR count). The second-order valence-electron chi connectivity index (χ2n) is 9.76. The van der Waals surface area contributed by atoms with Gasteiger partial charge in [-0.15, -0.1) is 0 Å². The van der Waals surface area contributed by atoms with Gasteiger partial charge in [0.25, 0.3) is 0 Å². The molecule has 0 radical (unpaired) electrons. The summed E-state index contributed by atoms with van der Waals surface area (Å²) in [7, 11) is 1.92. The smallest absolute Gasteiger partial charge is 0.306 e. The monoisotopic (exact) mass is 544 g/mol. The lowest BCUT2D eigenvalue weighted by atomic mass is 9.97. The van der Waals surface area contributed by atoms with Crippen LogP contribution in [-0.2, 0) is 11.8 Å². The molecule has 4 aromatic rings. The van der Waals surface area contributed by atoms with Crippen molar-refractivity contribution in [2.45, 2.75) is 40.0 Å². The zero-order valence-corrected chi connectivity index (χ0v) is 23.5. The zero-order valence-electron chi connectivity index (χ0n) is 22.7. The van der Waals surface area contributed by atoms with E-state index in [9.17, 15) is 9.90 Å². The second-order valence-corrected chi connectivity index (χ2v) is 10.2. The molecular formula is C30H33ClN6O2. The van der Waals surface area contributed by atoms with E-state index in [0.29, 0.717) is 31.0 Å². The van der Waals surface area contributed by atoms with Crippen molar-refractivity contribution in [3.63, 3.8) is 0 Å². The summed E-state index contributed by atoms with van der Waals surface area (Å²) < 4.78 is 3.78. The van der Waals surface area contributed by atoms with E-state index in [0.717, 1.165) is 50.7 Å². The fourth-order valence-corrected chi connectivity index (χ4v) is 5.51. The Morgan fingerprint density at radius 1 is 1.10 bits per heavy atom. The molecule has 0 atom stereocenters. The number of aromatic nitrogens is 5. The third kappa shape index (κ3) is 5.08. The molecule has 2 aliphatic rings. The van der Waals surface area contributed by atoms with Gasteiger partial charge in [-0.1, -0.05) is 43.7 Å². The summed E-state index contributed by atoms with van der Waals surface area (Å²) in [5, 5.41) is 22.7. The normalized spacial score (nSPS) is 15.7. The topological polar surface area (TPSA) is 89.1 Å². The van der Waals surface area contributed by atoms with Gasteiger partial charge in [-0.25, -0.2) is 9.67 Å². The minimum atomic E-state index is -0.710. The van der Waals surface area contributed by atoms with Crippen molar-refractivity contribution in [1.82, 2.24) is 24.5 Å². The third-order valence-corrected chi connectivity index (χ3v) is 7.54. The van der Waals surface area contributed by atoms with Gasteiger partial charge in [-0.3, -0.25) is 9.48 Å². The molecule has 0 saturated carbocycles. The number of halogens is 1. The minimum Gasteiger partial charge on any atom is -0.481 e. The van der Waals surface area contributed by atoms with E-state index in [1.165, 1.54) is 5.57 Å². The Kier molecular flexibility index (Phi) is 7.57. The number of fused-ring (bicyclic) bond motifs is 2. The van der Waals surface area contributed by atoms with Crippen LogP contribution in [0.5, 0.6) is 0 Å². The maximum atomic E-state index is 11.3. The van der Waals surface area contributed by atoms with Crippen LogP contribution in [0, 0.1) is 5.92 Å². The Balaban J connectivity index is 0.00000151. The molecule has 1 N–H and O–H groups in total. The first-order chi connectivity index (χ1) is 18.9. The number of carboxylic acids is 1. The molecule has 1 aliphatic carbocycles. The summed E-state index contributed by atoms with van der Waals surface area (Å²) >= 11 is 6.57. The van der Waals surface area contributed by atoms with Crippen molar-refractivity contribution in [2.75, 3.05) is 18.0 Å². The number of rotatable bonds is 4. The van der Waals surface area contributed by atoms with Crippen LogP contribution in [0.3, 0.4) is 0 Å². The summed E-state index contributed by atoms with van der Waals surface area (Å²) in [4.78, 5) is 18.2. The Bertz CT molecular complexity index is 1670. The van der Waals surface area contributed by atoms with Crippen LogP contribution >= 0.6 is 11.6 Å². The Morgan fingerprint density at radius 2 is 1.87 bits per heavy atom. The Morgan fingerprint density at radius 3 is 2.56 bits per heavy atom. The van der Waals surface area contributed by atoms with Crippen molar-refractivity contribution in [3.8, 4) is 16.9 Å². The SMILES string of the molecule is CC.CC1=c2c(c(-c3cccc4nn(C)cc34)nn2-c2ccc(N3CCC(C(=O)O)CC3)nc2)=CC(Cl)=CC1. The van der Waals surface area contributed by atoms with Crippen LogP contribution in [-0.4, -0.2) is 48.7 Å². The number of carbonyl (C=O) groups is 1. The quantitative estimate of drug-likeness (QED) is 0.403. The molecule has 1 aromatic carbocycles. The largest absolute Gasteiger partial charge is 0.481 e. The lowest BCUT2D eigenvalue weighted by Gasteiger charge is -2.31. The number of hydrogen-bond donors (Lipinski definition) is 1. The van der Waals surface area contributed by atoms with Crippen LogP contribution in [0.1, 0.15) is 40.0 Å². The van der Waals surface area contributed by atoms with Crippen molar-refractivity contribution in [1.29, 1.82) is 0 Å². The molecule has 1 fully saturated rings. The predicted octanol–water partition coefficient (Wildman–Crippen LogP) is 4.63. The van der Waals surface area contributed by atoms with E-state index >= 15 is 0 Å². The number of allylic oxidation sites excluding steroid dienone is 2. The molecule has 8 nitrogen and oxygen atoms in total. The number of aliphatic carboxylic acids is 1. The molecule has 0 unspecified atom stereocenters. The van der Waals surface area contributed by atoms with Crippen LogP contribution in [0.2, 0.25) is 0 Å². The summed E-state index contributed by atoms with van der Waals surface area (Å²) in [6, 6.07) is 10.1. The molecule has 39 heavy (non-hydrogen) atoms. The average molecular weight is 545 g/mol. The number of nitrogens with zero attached hydrogens (tertiary/aromatic N) is 6. The molecular weight excluding hydrogens is 512 g/mol. The maximum absolute atomic E-state index is 11.3. The summed E-state index contributed by atoms with van der Waals surface area (Å²) in [5.74, 6) is -0.130. The number of piperidine rings is 1. The molecule has 1 saturated heterocycles. The van der Waals surface area contributed by atoms with Crippen molar-refractivity contribution < 1.29 is 9.90 Å². The van der Waals surface area contributed by atoms with Gasteiger partial charge in [0, 0.05) is 47.5 Å².